The van der Waals surface area contributed by atoms with Gasteiger partial charge >= 0.3 is 0 Å². The van der Waals surface area contributed by atoms with Crippen LogP contribution in [0, 0.1) is 17.6 Å². The molecule has 3 N–H and O–H groups in total. The molecule has 3 aromatic rings. The topological polar surface area (TPSA) is 93.4 Å². The first-order chi connectivity index (χ1) is 16.8. The van der Waals surface area contributed by atoms with E-state index in [4.69, 9.17) is 10.5 Å². The summed E-state index contributed by atoms with van der Waals surface area (Å²) in [6, 6.07) is 7.75. The first-order valence-electron chi connectivity index (χ1n) is 11.7. The minimum atomic E-state index is -0.637. The Balaban J connectivity index is 1.48. The maximum Gasteiger partial charge on any atom is 0.251 e. The van der Waals surface area contributed by atoms with Crippen molar-refractivity contribution in [3.63, 3.8) is 0 Å². The van der Waals surface area contributed by atoms with E-state index in [0.29, 0.717) is 49.7 Å². The molecular weight excluding hydrogens is 452 g/mol. The molecule has 1 amide bonds. The van der Waals surface area contributed by atoms with Crippen molar-refractivity contribution < 1.29 is 18.3 Å². The normalized spacial score (nSPS) is 17.9. The van der Waals surface area contributed by atoms with Gasteiger partial charge in [0.05, 0.1) is 24.6 Å². The molecule has 0 radical (unpaired) electrons. The molecule has 2 aliphatic heterocycles. The fourth-order valence-corrected chi connectivity index (χ4v) is 4.57. The zero-order valence-corrected chi connectivity index (χ0v) is 19.6. The number of carbonyl (C=O) groups excluding carboxylic acids is 1. The zero-order valence-electron chi connectivity index (χ0n) is 19.6. The van der Waals surface area contributed by atoms with Crippen LogP contribution >= 0.6 is 0 Å². The third kappa shape index (κ3) is 4.43. The third-order valence-electron chi connectivity index (χ3n) is 6.60. The number of amides is 1. The number of morpholine rings is 1. The summed E-state index contributed by atoms with van der Waals surface area (Å²) in [6.45, 7) is 6.65. The maximum absolute atomic E-state index is 15.3. The number of hydrogen-bond acceptors (Lipinski definition) is 6. The monoisotopic (exact) mass is 479 g/mol. The summed E-state index contributed by atoms with van der Waals surface area (Å²) >= 11 is 0. The van der Waals surface area contributed by atoms with E-state index in [0.717, 1.165) is 5.69 Å². The second-order valence-corrected chi connectivity index (χ2v) is 9.25. The molecular formula is C26H27F2N5O2. The van der Waals surface area contributed by atoms with Gasteiger partial charge in [0.2, 0.25) is 0 Å². The highest BCUT2D eigenvalue weighted by molar-refractivity contribution is 5.97. The fraction of sp³-hybridized carbons (Fsp3) is 0.346. The number of nitrogens with two attached hydrogens (primary N) is 1. The molecule has 35 heavy (non-hydrogen) atoms. The number of aromatic nitrogens is 2. The molecule has 7 nitrogen and oxygen atoms in total. The van der Waals surface area contributed by atoms with Gasteiger partial charge in [0, 0.05) is 42.0 Å². The Bertz CT molecular complexity index is 1300. The molecule has 0 bridgehead atoms. The van der Waals surface area contributed by atoms with E-state index in [-0.39, 0.29) is 40.3 Å². The Labute approximate surface area is 202 Å². The Hall–Kier alpha value is -3.59. The van der Waals surface area contributed by atoms with Crippen LogP contribution in [0.15, 0.2) is 36.5 Å². The second kappa shape index (κ2) is 9.22. The standard InChI is InChI=1S/C26H27F2N5O2/c1-14(2)23-13-33(7-8-35-23)16-3-4-17(20(27)10-16)22-12-31-25(29)24(32-22)19-9-15-5-6-30-26(34)18(15)11-21(19)28/h3-4,9-12,14,23H,5-8,13H2,1-2H3,(H2,29,31)(H,30,34)/t23-/m1/s1. The van der Waals surface area contributed by atoms with Crippen LogP contribution in [0.1, 0.15) is 29.8 Å². The van der Waals surface area contributed by atoms with Gasteiger partial charge in [-0.15, -0.1) is 0 Å². The highest BCUT2D eigenvalue weighted by Gasteiger charge is 2.25. The minimum absolute atomic E-state index is 0.0259. The average Bonchev–Trinajstić information content (AvgIpc) is 2.85. The van der Waals surface area contributed by atoms with Crippen molar-refractivity contribution in [3.8, 4) is 22.5 Å². The molecule has 0 saturated carbocycles. The first-order valence-corrected chi connectivity index (χ1v) is 11.7. The molecule has 2 aliphatic rings. The van der Waals surface area contributed by atoms with Gasteiger partial charge in [-0.1, -0.05) is 13.8 Å². The van der Waals surface area contributed by atoms with Gasteiger partial charge in [0.15, 0.2) is 0 Å². The van der Waals surface area contributed by atoms with Crippen molar-refractivity contribution in [1.82, 2.24) is 15.3 Å². The Morgan fingerprint density at radius 1 is 1.14 bits per heavy atom. The van der Waals surface area contributed by atoms with Gasteiger partial charge in [-0.05, 0) is 48.2 Å². The first kappa shape index (κ1) is 23.2. The molecule has 5 rings (SSSR count). The van der Waals surface area contributed by atoms with E-state index < -0.39 is 11.6 Å². The van der Waals surface area contributed by atoms with E-state index in [2.05, 4.69) is 34.0 Å². The third-order valence-corrected chi connectivity index (χ3v) is 6.60. The molecule has 9 heteroatoms. The average molecular weight is 480 g/mol. The molecule has 1 atom stereocenters. The van der Waals surface area contributed by atoms with Crippen LogP contribution in [0.3, 0.4) is 0 Å². The van der Waals surface area contributed by atoms with Gasteiger partial charge in [-0.2, -0.15) is 0 Å². The van der Waals surface area contributed by atoms with Crippen molar-refractivity contribution in [1.29, 1.82) is 0 Å². The Kier molecular flexibility index (Phi) is 6.10. The van der Waals surface area contributed by atoms with Gasteiger partial charge < -0.3 is 20.7 Å². The lowest BCUT2D eigenvalue weighted by Gasteiger charge is -2.36. The van der Waals surface area contributed by atoms with Crippen LogP contribution in [-0.4, -0.2) is 48.2 Å². The van der Waals surface area contributed by atoms with Gasteiger partial charge in [0.1, 0.15) is 23.1 Å². The number of carbonyl (C=O) groups is 1. The largest absolute Gasteiger partial charge is 0.382 e. The second-order valence-electron chi connectivity index (χ2n) is 9.25. The summed E-state index contributed by atoms with van der Waals surface area (Å²) < 4.78 is 36.0. The van der Waals surface area contributed by atoms with E-state index in [9.17, 15) is 9.18 Å². The predicted octanol–water partition coefficient (Wildman–Crippen LogP) is 3.82. The molecule has 182 valence electrons. The zero-order chi connectivity index (χ0) is 24.7. The molecule has 1 fully saturated rings. The number of nitrogens with one attached hydrogen (secondary N) is 1. The van der Waals surface area contributed by atoms with Crippen molar-refractivity contribution in [3.05, 3.63) is 59.3 Å². The summed E-state index contributed by atoms with van der Waals surface area (Å²) in [4.78, 5) is 22.8. The number of halogens is 2. The Morgan fingerprint density at radius 3 is 2.71 bits per heavy atom. The molecule has 0 aliphatic carbocycles. The quantitative estimate of drug-likeness (QED) is 0.591. The molecule has 3 heterocycles. The SMILES string of the molecule is CC(C)[C@H]1CN(c2ccc(-c3cnc(N)c(-c4cc5c(cc4F)C(=O)NCC5)n3)c(F)c2)CCO1. The van der Waals surface area contributed by atoms with Crippen LogP contribution in [0.5, 0.6) is 0 Å². The lowest BCUT2D eigenvalue weighted by molar-refractivity contribution is 0.0114. The molecule has 0 spiro atoms. The van der Waals surface area contributed by atoms with Crippen molar-refractivity contribution in [2.45, 2.75) is 26.4 Å². The maximum atomic E-state index is 15.3. The van der Waals surface area contributed by atoms with Gasteiger partial charge in [0.25, 0.3) is 5.91 Å². The van der Waals surface area contributed by atoms with Crippen molar-refractivity contribution >= 4 is 17.4 Å². The van der Waals surface area contributed by atoms with Crippen LogP contribution in [0.25, 0.3) is 22.5 Å². The summed E-state index contributed by atoms with van der Waals surface area (Å²) in [5.41, 5.74) is 8.55. The minimum Gasteiger partial charge on any atom is -0.382 e. The highest BCUT2D eigenvalue weighted by atomic mass is 19.1. The number of anilines is 2. The van der Waals surface area contributed by atoms with E-state index >= 15 is 4.39 Å². The number of nitrogens with zero attached hydrogens (tertiary/aromatic N) is 3. The summed E-state index contributed by atoms with van der Waals surface area (Å²) in [5, 5.41) is 2.70. The predicted molar refractivity (Wildman–Crippen MR) is 130 cm³/mol. The number of nitrogen functional groups attached to an aromatic ring is 1. The van der Waals surface area contributed by atoms with Crippen LogP contribution < -0.4 is 16.0 Å². The number of benzene rings is 2. The number of hydrogen-bond donors (Lipinski definition) is 2. The summed E-state index contributed by atoms with van der Waals surface area (Å²) in [6.07, 6.45) is 2.04. The van der Waals surface area contributed by atoms with E-state index in [1.807, 2.05) is 6.07 Å². The van der Waals surface area contributed by atoms with Crippen molar-refractivity contribution in [2.24, 2.45) is 5.92 Å². The Morgan fingerprint density at radius 2 is 1.94 bits per heavy atom. The summed E-state index contributed by atoms with van der Waals surface area (Å²) in [7, 11) is 0. The number of fused-ring (bicyclic) bond motifs is 1. The lowest BCUT2D eigenvalue weighted by Crippen LogP contribution is -2.44. The number of ether oxygens (including phenoxy) is 1. The number of rotatable bonds is 4. The summed E-state index contributed by atoms with van der Waals surface area (Å²) in [5.74, 6) is -1.02. The van der Waals surface area contributed by atoms with E-state index in [1.54, 1.807) is 12.1 Å². The van der Waals surface area contributed by atoms with Gasteiger partial charge in [-0.3, -0.25) is 4.79 Å². The highest BCUT2D eigenvalue weighted by Crippen LogP contribution is 2.33. The molecule has 1 saturated heterocycles. The molecule has 0 unspecified atom stereocenters. The van der Waals surface area contributed by atoms with Crippen LogP contribution in [0.4, 0.5) is 20.3 Å². The lowest BCUT2D eigenvalue weighted by atomic mass is 9.96. The van der Waals surface area contributed by atoms with Crippen LogP contribution in [-0.2, 0) is 11.2 Å². The van der Waals surface area contributed by atoms with Crippen LogP contribution in [0.2, 0.25) is 0 Å². The van der Waals surface area contributed by atoms with E-state index in [1.165, 1.54) is 18.3 Å². The van der Waals surface area contributed by atoms with Gasteiger partial charge in [-0.25, -0.2) is 18.7 Å². The molecule has 1 aromatic heterocycles. The van der Waals surface area contributed by atoms with Crippen molar-refractivity contribution in [2.75, 3.05) is 36.9 Å². The fourth-order valence-electron chi connectivity index (χ4n) is 4.57. The smallest absolute Gasteiger partial charge is 0.251 e. The molecule has 2 aromatic carbocycles.